The van der Waals surface area contributed by atoms with Gasteiger partial charge in [0.25, 0.3) is 0 Å². The van der Waals surface area contributed by atoms with Crippen molar-refractivity contribution in [3.8, 4) is 0 Å². The predicted octanol–water partition coefficient (Wildman–Crippen LogP) is 3.92. The highest BCUT2D eigenvalue weighted by Crippen LogP contribution is 2.19. The van der Waals surface area contributed by atoms with Crippen LogP contribution in [0.2, 0.25) is 0 Å². The summed E-state index contributed by atoms with van der Waals surface area (Å²) in [6, 6.07) is 23.9. The fourth-order valence-electron chi connectivity index (χ4n) is 2.57. The number of carbonyl (C=O) groups excluding carboxylic acids is 1. The number of benzene rings is 3. The van der Waals surface area contributed by atoms with E-state index in [1.807, 2.05) is 61.5 Å². The van der Waals surface area contributed by atoms with Crippen molar-refractivity contribution < 1.29 is 4.79 Å². The quantitative estimate of drug-likeness (QED) is 0.576. The molecular formula is C20H18N2O. The van der Waals surface area contributed by atoms with Gasteiger partial charge in [-0.2, -0.15) is 5.10 Å². The molecule has 3 heteroatoms. The van der Waals surface area contributed by atoms with Crippen LogP contribution in [0.1, 0.15) is 18.1 Å². The minimum Gasteiger partial charge on any atom is -0.273 e. The predicted molar refractivity (Wildman–Crippen MR) is 94.4 cm³/mol. The van der Waals surface area contributed by atoms with E-state index in [4.69, 9.17) is 0 Å². The number of hydrogen-bond acceptors (Lipinski definition) is 2. The Labute approximate surface area is 135 Å². The number of amides is 1. The van der Waals surface area contributed by atoms with Crippen LogP contribution in [0.3, 0.4) is 0 Å². The Kier molecular flexibility index (Phi) is 4.48. The van der Waals surface area contributed by atoms with Gasteiger partial charge in [0.1, 0.15) is 0 Å². The number of rotatable bonds is 4. The molecule has 1 amide bonds. The summed E-state index contributed by atoms with van der Waals surface area (Å²) in [5.74, 6) is -0.115. The summed E-state index contributed by atoms with van der Waals surface area (Å²) in [5, 5.41) is 6.55. The van der Waals surface area contributed by atoms with Crippen LogP contribution >= 0.6 is 0 Å². The van der Waals surface area contributed by atoms with Gasteiger partial charge in [0, 0.05) is 5.56 Å². The van der Waals surface area contributed by atoms with Crippen molar-refractivity contribution in [3.05, 3.63) is 83.9 Å². The van der Waals surface area contributed by atoms with Gasteiger partial charge in [-0.15, -0.1) is 0 Å². The number of carbonyl (C=O) groups is 1. The Morgan fingerprint density at radius 1 is 0.913 bits per heavy atom. The first kappa shape index (κ1) is 15.0. The molecule has 3 rings (SSSR count). The highest BCUT2D eigenvalue weighted by atomic mass is 16.2. The summed E-state index contributed by atoms with van der Waals surface area (Å²) in [4.78, 5) is 12.0. The van der Waals surface area contributed by atoms with Gasteiger partial charge in [-0.1, -0.05) is 72.8 Å². The average Bonchev–Trinajstić information content (AvgIpc) is 2.60. The molecule has 0 atom stereocenters. The van der Waals surface area contributed by atoms with Gasteiger partial charge in [0.05, 0.1) is 12.1 Å². The molecule has 23 heavy (non-hydrogen) atoms. The van der Waals surface area contributed by atoms with E-state index in [9.17, 15) is 4.79 Å². The van der Waals surface area contributed by atoms with Crippen LogP contribution in [0.15, 0.2) is 77.9 Å². The zero-order valence-electron chi connectivity index (χ0n) is 13.0. The molecule has 0 aliphatic rings. The molecule has 0 bridgehead atoms. The Balaban J connectivity index is 1.75. The second-order valence-corrected chi connectivity index (χ2v) is 5.42. The van der Waals surface area contributed by atoms with Crippen LogP contribution < -0.4 is 5.43 Å². The lowest BCUT2D eigenvalue weighted by Gasteiger charge is -2.07. The molecule has 0 spiro atoms. The van der Waals surface area contributed by atoms with E-state index in [1.165, 1.54) is 0 Å². The molecule has 0 aliphatic heterocycles. The average molecular weight is 302 g/mol. The number of nitrogens with zero attached hydrogens (tertiary/aromatic N) is 1. The van der Waals surface area contributed by atoms with Gasteiger partial charge in [0.15, 0.2) is 0 Å². The molecule has 114 valence electrons. The summed E-state index contributed by atoms with van der Waals surface area (Å²) in [6.45, 7) is 1.91. The van der Waals surface area contributed by atoms with Crippen LogP contribution in [-0.4, -0.2) is 11.6 Å². The second kappa shape index (κ2) is 6.88. The number of hydrogen-bond donors (Lipinski definition) is 1. The standard InChI is InChI=1S/C20H18N2O/c1-15(18-13-7-11-17-10-5-6-12-19(17)18)21-22-20(23)14-16-8-3-2-4-9-16/h2-13H,14H2,1H3,(H,22,23)/b21-15+. The van der Waals surface area contributed by atoms with Gasteiger partial charge in [-0.25, -0.2) is 5.43 Å². The maximum absolute atomic E-state index is 12.0. The van der Waals surface area contributed by atoms with Crippen molar-refractivity contribution in [3.63, 3.8) is 0 Å². The SMILES string of the molecule is C/C(=N\NC(=O)Cc1ccccc1)c1cccc2ccccc12. The molecule has 3 nitrogen and oxygen atoms in total. The Bertz CT molecular complexity index is 848. The Morgan fingerprint density at radius 2 is 1.61 bits per heavy atom. The van der Waals surface area contributed by atoms with Crippen LogP contribution in [0.4, 0.5) is 0 Å². The van der Waals surface area contributed by atoms with E-state index >= 15 is 0 Å². The fourth-order valence-corrected chi connectivity index (χ4v) is 2.57. The van der Waals surface area contributed by atoms with Crippen molar-refractivity contribution in [2.24, 2.45) is 5.10 Å². The van der Waals surface area contributed by atoms with Gasteiger partial charge in [0.2, 0.25) is 5.91 Å². The van der Waals surface area contributed by atoms with Gasteiger partial charge in [-0.05, 0) is 23.3 Å². The van der Waals surface area contributed by atoms with E-state index in [1.54, 1.807) is 0 Å². The summed E-state index contributed by atoms with van der Waals surface area (Å²) >= 11 is 0. The maximum atomic E-state index is 12.0. The first-order valence-electron chi connectivity index (χ1n) is 7.59. The molecule has 0 aliphatic carbocycles. The van der Waals surface area contributed by atoms with Crippen molar-refractivity contribution in [1.29, 1.82) is 0 Å². The Hall–Kier alpha value is -2.94. The summed E-state index contributed by atoms with van der Waals surface area (Å²) < 4.78 is 0. The zero-order valence-corrected chi connectivity index (χ0v) is 13.0. The third-order valence-electron chi connectivity index (χ3n) is 3.74. The highest BCUT2D eigenvalue weighted by Gasteiger charge is 2.05. The number of hydrazone groups is 1. The maximum Gasteiger partial charge on any atom is 0.244 e. The van der Waals surface area contributed by atoms with Gasteiger partial charge < -0.3 is 0 Å². The first-order chi connectivity index (χ1) is 11.2. The molecule has 0 saturated carbocycles. The van der Waals surface area contributed by atoms with E-state index in [-0.39, 0.29) is 5.91 Å². The third-order valence-corrected chi connectivity index (χ3v) is 3.74. The van der Waals surface area contributed by atoms with E-state index in [2.05, 4.69) is 28.7 Å². The number of nitrogens with one attached hydrogen (secondary N) is 1. The molecular weight excluding hydrogens is 284 g/mol. The minimum absolute atomic E-state index is 0.115. The van der Waals surface area contributed by atoms with Gasteiger partial charge in [-0.3, -0.25) is 4.79 Å². The third kappa shape index (κ3) is 3.64. The molecule has 0 aromatic heterocycles. The van der Waals surface area contributed by atoms with Crippen LogP contribution in [0.5, 0.6) is 0 Å². The molecule has 1 N–H and O–H groups in total. The summed E-state index contributed by atoms with van der Waals surface area (Å²) in [5.41, 5.74) is 5.44. The largest absolute Gasteiger partial charge is 0.273 e. The molecule has 3 aromatic carbocycles. The minimum atomic E-state index is -0.115. The van der Waals surface area contributed by atoms with Crippen molar-refractivity contribution in [2.75, 3.05) is 0 Å². The van der Waals surface area contributed by atoms with Crippen LogP contribution in [-0.2, 0) is 11.2 Å². The smallest absolute Gasteiger partial charge is 0.244 e. The molecule has 0 heterocycles. The number of fused-ring (bicyclic) bond motifs is 1. The lowest BCUT2D eigenvalue weighted by atomic mass is 10.0. The topological polar surface area (TPSA) is 41.5 Å². The van der Waals surface area contributed by atoms with E-state index in [0.29, 0.717) is 6.42 Å². The summed E-state index contributed by atoms with van der Waals surface area (Å²) in [7, 11) is 0. The first-order valence-corrected chi connectivity index (χ1v) is 7.59. The lowest BCUT2D eigenvalue weighted by molar-refractivity contribution is -0.120. The van der Waals surface area contributed by atoms with Crippen molar-refractivity contribution in [2.45, 2.75) is 13.3 Å². The molecule has 0 unspecified atom stereocenters. The Morgan fingerprint density at radius 3 is 2.43 bits per heavy atom. The second-order valence-electron chi connectivity index (χ2n) is 5.42. The molecule has 0 saturated heterocycles. The van der Waals surface area contributed by atoms with Crippen molar-refractivity contribution in [1.82, 2.24) is 5.43 Å². The van der Waals surface area contributed by atoms with Crippen LogP contribution in [0.25, 0.3) is 10.8 Å². The van der Waals surface area contributed by atoms with Crippen LogP contribution in [0, 0.1) is 0 Å². The molecule has 0 radical (unpaired) electrons. The summed E-state index contributed by atoms with van der Waals surface area (Å²) in [6.07, 6.45) is 0.327. The highest BCUT2D eigenvalue weighted by molar-refractivity contribution is 6.09. The van der Waals surface area contributed by atoms with E-state index in [0.717, 1.165) is 27.6 Å². The van der Waals surface area contributed by atoms with E-state index < -0.39 is 0 Å². The molecule has 0 fully saturated rings. The zero-order chi connectivity index (χ0) is 16.1. The lowest BCUT2D eigenvalue weighted by Crippen LogP contribution is -2.21. The normalized spacial score (nSPS) is 11.4. The fraction of sp³-hybridized carbons (Fsp3) is 0.100. The van der Waals surface area contributed by atoms with Crippen molar-refractivity contribution >= 4 is 22.4 Å². The monoisotopic (exact) mass is 302 g/mol. The molecule has 3 aromatic rings. The van der Waals surface area contributed by atoms with Gasteiger partial charge >= 0.3 is 0 Å².